The number of aromatic nitrogens is 3. The largest absolute Gasteiger partial charge is 0.368 e. The van der Waals surface area contributed by atoms with E-state index in [9.17, 15) is 0 Å². The predicted octanol–water partition coefficient (Wildman–Crippen LogP) is 2.95. The zero-order valence-electron chi connectivity index (χ0n) is 13.9. The van der Waals surface area contributed by atoms with Crippen LogP contribution in [0.2, 0.25) is 5.02 Å². The topological polar surface area (TPSA) is 80.0 Å². The number of halogens is 1. The molecular weight excluding hydrogens is 324 g/mol. The van der Waals surface area contributed by atoms with Crippen LogP contribution >= 0.6 is 11.6 Å². The number of nitrogens with one attached hydrogen (secondary N) is 1. The number of anilines is 2. The van der Waals surface area contributed by atoms with Crippen molar-refractivity contribution >= 4 is 23.5 Å². The van der Waals surface area contributed by atoms with Crippen molar-refractivity contribution in [1.82, 2.24) is 19.9 Å². The van der Waals surface area contributed by atoms with Crippen molar-refractivity contribution in [1.29, 1.82) is 0 Å². The Morgan fingerprint density at radius 2 is 1.88 bits per heavy atom. The molecule has 0 saturated carbocycles. The molecule has 2 aromatic rings. The van der Waals surface area contributed by atoms with Crippen LogP contribution in [0.3, 0.4) is 0 Å². The van der Waals surface area contributed by atoms with Crippen LogP contribution in [-0.4, -0.2) is 32.9 Å². The highest BCUT2D eigenvalue weighted by Crippen LogP contribution is 2.18. The Balaban J connectivity index is 1.61. The van der Waals surface area contributed by atoms with Gasteiger partial charge in [0.25, 0.3) is 0 Å². The Morgan fingerprint density at radius 3 is 2.58 bits per heavy atom. The summed E-state index contributed by atoms with van der Waals surface area (Å²) in [4.78, 5) is 15.3. The molecule has 0 unspecified atom stereocenters. The van der Waals surface area contributed by atoms with Crippen LogP contribution in [0.1, 0.15) is 31.2 Å². The SMILES string of the molecule is CC1CCN(Cc2nc(N)nc(NCc3ccc(Cl)cc3)n2)CC1. The number of benzene rings is 1. The fourth-order valence-electron chi connectivity index (χ4n) is 2.79. The zero-order chi connectivity index (χ0) is 16.9. The smallest absolute Gasteiger partial charge is 0.228 e. The van der Waals surface area contributed by atoms with Gasteiger partial charge >= 0.3 is 0 Å². The van der Waals surface area contributed by atoms with Crippen LogP contribution in [-0.2, 0) is 13.1 Å². The number of hydrogen-bond donors (Lipinski definition) is 2. The van der Waals surface area contributed by atoms with Crippen LogP contribution in [0.5, 0.6) is 0 Å². The number of hydrogen-bond acceptors (Lipinski definition) is 6. The third kappa shape index (κ3) is 4.79. The molecule has 3 N–H and O–H groups in total. The molecule has 1 saturated heterocycles. The van der Waals surface area contributed by atoms with Gasteiger partial charge in [-0.25, -0.2) is 0 Å². The number of nitrogens with zero attached hydrogens (tertiary/aromatic N) is 4. The lowest BCUT2D eigenvalue weighted by molar-refractivity contribution is 0.181. The summed E-state index contributed by atoms with van der Waals surface area (Å²) >= 11 is 5.90. The summed E-state index contributed by atoms with van der Waals surface area (Å²) < 4.78 is 0. The predicted molar refractivity (Wildman–Crippen MR) is 96.7 cm³/mol. The van der Waals surface area contributed by atoms with E-state index in [1.54, 1.807) is 0 Å². The van der Waals surface area contributed by atoms with E-state index in [1.807, 2.05) is 24.3 Å². The first-order chi connectivity index (χ1) is 11.6. The van der Waals surface area contributed by atoms with Crippen molar-refractivity contribution < 1.29 is 0 Å². The normalized spacial score (nSPS) is 16.2. The van der Waals surface area contributed by atoms with E-state index >= 15 is 0 Å². The summed E-state index contributed by atoms with van der Waals surface area (Å²) in [5.74, 6) is 2.29. The highest BCUT2D eigenvalue weighted by atomic mass is 35.5. The van der Waals surface area contributed by atoms with E-state index in [0.717, 1.165) is 42.0 Å². The molecule has 0 amide bonds. The van der Waals surface area contributed by atoms with Crippen molar-refractivity contribution in [3.63, 3.8) is 0 Å². The molecule has 3 rings (SSSR count). The summed E-state index contributed by atoms with van der Waals surface area (Å²) in [6.07, 6.45) is 2.45. The standard InChI is InChI=1S/C17H23ClN6/c1-12-6-8-24(9-7-12)11-15-21-16(19)23-17(22-15)20-10-13-2-4-14(18)5-3-13/h2-5,12H,6-11H2,1H3,(H3,19,20,21,22,23). The minimum Gasteiger partial charge on any atom is -0.368 e. The van der Waals surface area contributed by atoms with E-state index in [0.29, 0.717) is 12.5 Å². The second-order valence-corrected chi connectivity index (χ2v) is 6.81. The maximum absolute atomic E-state index is 5.90. The second-order valence-electron chi connectivity index (χ2n) is 6.37. The third-order valence-corrected chi connectivity index (χ3v) is 4.56. The van der Waals surface area contributed by atoms with E-state index in [-0.39, 0.29) is 5.95 Å². The van der Waals surface area contributed by atoms with Crippen molar-refractivity contribution in [3.8, 4) is 0 Å². The van der Waals surface area contributed by atoms with Crippen LogP contribution in [0.25, 0.3) is 0 Å². The van der Waals surface area contributed by atoms with Gasteiger partial charge in [-0.1, -0.05) is 30.7 Å². The molecule has 1 fully saturated rings. The molecule has 128 valence electrons. The Kier molecular flexibility index (Phi) is 5.48. The van der Waals surface area contributed by atoms with Crippen LogP contribution in [0.4, 0.5) is 11.9 Å². The minimum atomic E-state index is 0.254. The maximum atomic E-state index is 5.90. The van der Waals surface area contributed by atoms with Crippen molar-refractivity contribution in [3.05, 3.63) is 40.7 Å². The number of nitrogen functional groups attached to an aromatic ring is 1. The van der Waals surface area contributed by atoms with Gasteiger partial charge in [-0.3, -0.25) is 4.90 Å². The molecule has 0 aliphatic carbocycles. The van der Waals surface area contributed by atoms with Gasteiger partial charge < -0.3 is 11.1 Å². The van der Waals surface area contributed by atoms with Gasteiger partial charge in [0.2, 0.25) is 11.9 Å². The summed E-state index contributed by atoms with van der Waals surface area (Å²) in [7, 11) is 0. The summed E-state index contributed by atoms with van der Waals surface area (Å²) in [5, 5.41) is 3.93. The highest BCUT2D eigenvalue weighted by molar-refractivity contribution is 6.30. The molecule has 1 aromatic carbocycles. The van der Waals surface area contributed by atoms with Gasteiger partial charge in [0.1, 0.15) is 5.82 Å². The lowest BCUT2D eigenvalue weighted by Crippen LogP contribution is -2.33. The van der Waals surface area contributed by atoms with Gasteiger partial charge in [-0.05, 0) is 49.5 Å². The summed E-state index contributed by atoms with van der Waals surface area (Å²) in [6, 6.07) is 7.66. The highest BCUT2D eigenvalue weighted by Gasteiger charge is 2.17. The fourth-order valence-corrected chi connectivity index (χ4v) is 2.92. The van der Waals surface area contributed by atoms with E-state index < -0.39 is 0 Å². The first kappa shape index (κ1) is 16.9. The fraction of sp³-hybridized carbons (Fsp3) is 0.471. The number of nitrogens with two attached hydrogens (primary N) is 1. The molecule has 0 spiro atoms. The molecule has 7 heteroatoms. The molecule has 2 heterocycles. The molecular formula is C17H23ClN6. The number of rotatable bonds is 5. The minimum absolute atomic E-state index is 0.254. The van der Waals surface area contributed by atoms with Gasteiger partial charge in [0.15, 0.2) is 0 Å². The first-order valence-corrected chi connectivity index (χ1v) is 8.67. The monoisotopic (exact) mass is 346 g/mol. The van der Waals surface area contributed by atoms with Crippen LogP contribution in [0, 0.1) is 5.92 Å². The molecule has 1 aromatic heterocycles. The average Bonchev–Trinajstić information content (AvgIpc) is 2.56. The van der Waals surface area contributed by atoms with E-state index in [2.05, 4.69) is 32.1 Å². The maximum Gasteiger partial charge on any atom is 0.228 e. The zero-order valence-corrected chi connectivity index (χ0v) is 14.6. The first-order valence-electron chi connectivity index (χ1n) is 8.29. The molecule has 6 nitrogen and oxygen atoms in total. The van der Waals surface area contributed by atoms with Crippen LogP contribution < -0.4 is 11.1 Å². The molecule has 1 aliphatic heterocycles. The lowest BCUT2D eigenvalue weighted by atomic mass is 9.99. The summed E-state index contributed by atoms with van der Waals surface area (Å²) in [6.45, 7) is 5.80. The van der Waals surface area contributed by atoms with Gasteiger partial charge in [-0.15, -0.1) is 0 Å². The van der Waals surface area contributed by atoms with Crippen LogP contribution in [0.15, 0.2) is 24.3 Å². The Labute approximate surface area is 147 Å². The Morgan fingerprint density at radius 1 is 1.17 bits per heavy atom. The second kappa shape index (κ2) is 7.77. The quantitative estimate of drug-likeness (QED) is 0.866. The van der Waals surface area contributed by atoms with Gasteiger partial charge in [0.05, 0.1) is 6.54 Å². The van der Waals surface area contributed by atoms with Crippen molar-refractivity contribution in [2.45, 2.75) is 32.9 Å². The van der Waals surface area contributed by atoms with Gasteiger partial charge in [-0.2, -0.15) is 15.0 Å². The molecule has 0 radical (unpaired) electrons. The molecule has 1 aliphatic rings. The third-order valence-electron chi connectivity index (χ3n) is 4.30. The number of likely N-dealkylation sites (tertiary alicyclic amines) is 1. The average molecular weight is 347 g/mol. The molecule has 0 atom stereocenters. The lowest BCUT2D eigenvalue weighted by Gasteiger charge is -2.29. The summed E-state index contributed by atoms with van der Waals surface area (Å²) in [5.41, 5.74) is 6.94. The Hall–Kier alpha value is -1.92. The van der Waals surface area contributed by atoms with Crippen molar-refractivity contribution in [2.24, 2.45) is 5.92 Å². The molecule has 24 heavy (non-hydrogen) atoms. The number of piperidine rings is 1. The van der Waals surface area contributed by atoms with E-state index in [4.69, 9.17) is 17.3 Å². The van der Waals surface area contributed by atoms with E-state index in [1.165, 1.54) is 12.8 Å². The van der Waals surface area contributed by atoms with Crippen molar-refractivity contribution in [2.75, 3.05) is 24.1 Å². The van der Waals surface area contributed by atoms with Gasteiger partial charge in [0, 0.05) is 11.6 Å². The molecule has 0 bridgehead atoms. The Bertz CT molecular complexity index is 667.